The quantitative estimate of drug-likeness (QED) is 0.821. The van der Waals surface area contributed by atoms with Crippen molar-refractivity contribution in [2.75, 3.05) is 26.2 Å². The molecule has 2 aliphatic carbocycles. The van der Waals surface area contributed by atoms with Crippen LogP contribution < -0.4 is 5.73 Å². The number of nitrogens with zero attached hydrogens (tertiary/aromatic N) is 2. The van der Waals surface area contributed by atoms with Crippen molar-refractivity contribution in [3.05, 3.63) is 0 Å². The summed E-state index contributed by atoms with van der Waals surface area (Å²) in [6.07, 6.45) is 7.18. The Morgan fingerprint density at radius 3 is 2.35 bits per heavy atom. The van der Waals surface area contributed by atoms with Gasteiger partial charge < -0.3 is 10.6 Å². The van der Waals surface area contributed by atoms with E-state index >= 15 is 0 Å². The molecule has 0 aromatic rings. The van der Waals surface area contributed by atoms with Crippen LogP contribution in [0.1, 0.15) is 38.5 Å². The lowest BCUT2D eigenvalue weighted by Crippen LogP contribution is -2.46. The van der Waals surface area contributed by atoms with E-state index in [1.807, 2.05) is 0 Å². The summed E-state index contributed by atoms with van der Waals surface area (Å²) < 4.78 is 0. The molecule has 3 unspecified atom stereocenters. The van der Waals surface area contributed by atoms with Crippen LogP contribution in [0.2, 0.25) is 0 Å². The van der Waals surface area contributed by atoms with Crippen LogP contribution in [0, 0.1) is 17.8 Å². The van der Waals surface area contributed by atoms with E-state index in [0.29, 0.717) is 23.9 Å². The van der Waals surface area contributed by atoms with Gasteiger partial charge in [-0.3, -0.25) is 9.69 Å². The third-order valence-electron chi connectivity index (χ3n) is 6.16. The summed E-state index contributed by atoms with van der Waals surface area (Å²) in [5.41, 5.74) is 5.98. The Hall–Kier alpha value is -0.610. The highest BCUT2D eigenvalue weighted by Crippen LogP contribution is 2.54. The molecule has 4 rings (SSSR count). The molecule has 0 bridgehead atoms. The van der Waals surface area contributed by atoms with E-state index in [4.69, 9.17) is 5.73 Å². The van der Waals surface area contributed by atoms with Crippen molar-refractivity contribution < 1.29 is 4.79 Å². The number of fused-ring (bicyclic) bond motifs is 1. The van der Waals surface area contributed by atoms with Gasteiger partial charge >= 0.3 is 0 Å². The number of hydrogen-bond acceptors (Lipinski definition) is 3. The number of amides is 1. The first-order valence-electron chi connectivity index (χ1n) is 8.49. The Balaban J connectivity index is 1.30. The van der Waals surface area contributed by atoms with Crippen LogP contribution in [0.5, 0.6) is 0 Å². The van der Waals surface area contributed by atoms with E-state index in [-0.39, 0.29) is 0 Å². The van der Waals surface area contributed by atoms with Gasteiger partial charge in [0.2, 0.25) is 5.91 Å². The largest absolute Gasteiger partial charge is 0.341 e. The second-order valence-corrected chi connectivity index (χ2v) is 7.52. The van der Waals surface area contributed by atoms with Crippen molar-refractivity contribution in [1.82, 2.24) is 9.80 Å². The average Bonchev–Trinajstić information content (AvgIpc) is 2.91. The molecule has 0 aromatic heterocycles. The molecule has 4 aliphatic rings. The Bertz CT molecular complexity index is 381. The highest BCUT2D eigenvalue weighted by Gasteiger charge is 2.49. The van der Waals surface area contributed by atoms with Gasteiger partial charge in [0.1, 0.15) is 0 Å². The van der Waals surface area contributed by atoms with Gasteiger partial charge in [-0.05, 0) is 63.5 Å². The molecule has 20 heavy (non-hydrogen) atoms. The van der Waals surface area contributed by atoms with E-state index in [1.165, 1.54) is 25.7 Å². The first kappa shape index (κ1) is 13.1. The van der Waals surface area contributed by atoms with Crippen LogP contribution in [0.3, 0.4) is 0 Å². The summed E-state index contributed by atoms with van der Waals surface area (Å²) in [7, 11) is 0. The predicted molar refractivity (Wildman–Crippen MR) is 78.1 cm³/mol. The van der Waals surface area contributed by atoms with Gasteiger partial charge in [0.25, 0.3) is 0 Å². The van der Waals surface area contributed by atoms with E-state index in [0.717, 1.165) is 50.9 Å². The number of piperidine rings is 1. The minimum absolute atomic E-state index is 0.368. The Kier molecular flexibility index (Phi) is 3.26. The molecule has 3 atom stereocenters. The molecule has 2 aliphatic heterocycles. The lowest BCUT2D eigenvalue weighted by atomic mass is 10.0. The fourth-order valence-electron chi connectivity index (χ4n) is 4.70. The summed E-state index contributed by atoms with van der Waals surface area (Å²) >= 11 is 0. The molecule has 1 amide bonds. The minimum atomic E-state index is 0.368. The second-order valence-electron chi connectivity index (χ2n) is 7.52. The van der Waals surface area contributed by atoms with Crippen LogP contribution >= 0.6 is 0 Å². The van der Waals surface area contributed by atoms with Crippen molar-refractivity contribution in [3.8, 4) is 0 Å². The zero-order chi connectivity index (χ0) is 13.7. The SMILES string of the molecule is NC1CCN(C2CCN(C(=O)C3CC4CC4C3)C2)CC1. The summed E-state index contributed by atoms with van der Waals surface area (Å²) in [4.78, 5) is 17.3. The molecular formula is C16H27N3O. The first-order chi connectivity index (χ1) is 9.70. The fraction of sp³-hybridized carbons (Fsp3) is 0.938. The van der Waals surface area contributed by atoms with Crippen molar-refractivity contribution >= 4 is 5.91 Å². The lowest BCUT2D eigenvalue weighted by Gasteiger charge is -2.34. The molecule has 2 N–H and O–H groups in total. The molecule has 112 valence electrons. The van der Waals surface area contributed by atoms with Gasteiger partial charge in [0.05, 0.1) is 0 Å². The first-order valence-corrected chi connectivity index (χ1v) is 8.49. The molecule has 2 saturated heterocycles. The zero-order valence-corrected chi connectivity index (χ0v) is 12.3. The standard InChI is InChI=1S/C16H27N3O/c17-14-1-4-18(5-2-14)15-3-6-19(10-15)16(20)13-8-11-7-12(11)9-13/h11-15H,1-10,17H2. The minimum Gasteiger partial charge on any atom is -0.341 e. The van der Waals surface area contributed by atoms with E-state index in [1.54, 1.807) is 0 Å². The third kappa shape index (κ3) is 2.37. The number of nitrogens with two attached hydrogens (primary N) is 1. The maximum atomic E-state index is 12.6. The second kappa shape index (κ2) is 4.99. The van der Waals surface area contributed by atoms with Crippen molar-refractivity contribution in [2.45, 2.75) is 50.6 Å². The Morgan fingerprint density at radius 2 is 1.65 bits per heavy atom. The lowest BCUT2D eigenvalue weighted by molar-refractivity contribution is -0.134. The normalized spacial score (nSPS) is 42.0. The highest BCUT2D eigenvalue weighted by molar-refractivity contribution is 5.79. The van der Waals surface area contributed by atoms with Crippen molar-refractivity contribution in [1.29, 1.82) is 0 Å². The number of hydrogen-bond donors (Lipinski definition) is 1. The maximum Gasteiger partial charge on any atom is 0.225 e. The molecule has 0 aromatic carbocycles. The van der Waals surface area contributed by atoms with Crippen molar-refractivity contribution in [3.63, 3.8) is 0 Å². The topological polar surface area (TPSA) is 49.6 Å². The molecule has 0 radical (unpaired) electrons. The molecule has 0 spiro atoms. The molecular weight excluding hydrogens is 250 g/mol. The van der Waals surface area contributed by atoms with Gasteiger partial charge in [-0.15, -0.1) is 0 Å². The summed E-state index contributed by atoms with van der Waals surface area (Å²) in [5, 5.41) is 0. The van der Waals surface area contributed by atoms with Gasteiger partial charge in [0.15, 0.2) is 0 Å². The van der Waals surface area contributed by atoms with Gasteiger partial charge in [-0.2, -0.15) is 0 Å². The van der Waals surface area contributed by atoms with E-state index in [9.17, 15) is 4.79 Å². The van der Waals surface area contributed by atoms with Crippen LogP contribution in [0.4, 0.5) is 0 Å². The number of carbonyl (C=O) groups is 1. The highest BCUT2D eigenvalue weighted by atomic mass is 16.2. The Morgan fingerprint density at radius 1 is 0.950 bits per heavy atom. The molecule has 2 saturated carbocycles. The van der Waals surface area contributed by atoms with Crippen LogP contribution in [0.15, 0.2) is 0 Å². The number of likely N-dealkylation sites (tertiary alicyclic amines) is 2. The number of carbonyl (C=O) groups excluding carboxylic acids is 1. The van der Waals surface area contributed by atoms with Crippen LogP contribution in [0.25, 0.3) is 0 Å². The summed E-state index contributed by atoms with van der Waals surface area (Å²) in [5.74, 6) is 2.65. The Labute approximate surface area is 121 Å². The third-order valence-corrected chi connectivity index (χ3v) is 6.16. The molecule has 4 fully saturated rings. The average molecular weight is 277 g/mol. The monoisotopic (exact) mass is 277 g/mol. The zero-order valence-electron chi connectivity index (χ0n) is 12.3. The van der Waals surface area contributed by atoms with Crippen molar-refractivity contribution in [2.24, 2.45) is 23.5 Å². The maximum absolute atomic E-state index is 12.6. The molecule has 4 heteroatoms. The predicted octanol–water partition coefficient (Wildman–Crippen LogP) is 1.06. The van der Waals surface area contributed by atoms with E-state index < -0.39 is 0 Å². The van der Waals surface area contributed by atoms with Gasteiger partial charge in [-0.25, -0.2) is 0 Å². The van der Waals surface area contributed by atoms with Crippen LogP contribution in [-0.2, 0) is 4.79 Å². The summed E-state index contributed by atoms with van der Waals surface area (Å²) in [6, 6.07) is 0.998. The van der Waals surface area contributed by atoms with E-state index in [2.05, 4.69) is 9.80 Å². The van der Waals surface area contributed by atoms with Gasteiger partial charge in [-0.1, -0.05) is 0 Å². The van der Waals surface area contributed by atoms with Gasteiger partial charge in [0, 0.05) is 31.1 Å². The molecule has 4 nitrogen and oxygen atoms in total. The smallest absolute Gasteiger partial charge is 0.225 e. The number of rotatable bonds is 2. The summed E-state index contributed by atoms with van der Waals surface area (Å²) in [6.45, 7) is 4.21. The molecule has 2 heterocycles. The fourth-order valence-corrected chi connectivity index (χ4v) is 4.70. The van der Waals surface area contributed by atoms with Crippen LogP contribution in [-0.4, -0.2) is 54.0 Å².